The van der Waals surface area contributed by atoms with Crippen LogP contribution in [0, 0.1) is 86.7 Å². The summed E-state index contributed by atoms with van der Waals surface area (Å²) in [6.45, 7) is 19.8. The molecule has 6 aromatic rings. The van der Waals surface area contributed by atoms with Gasteiger partial charge in [0.15, 0.2) is 0 Å². The third kappa shape index (κ3) is 8.38. The molecule has 0 saturated carbocycles. The van der Waals surface area contributed by atoms with Crippen LogP contribution in [-0.2, 0) is 20.1 Å². The van der Waals surface area contributed by atoms with E-state index in [9.17, 15) is 0 Å². The Labute approximate surface area is 337 Å². The van der Waals surface area contributed by atoms with E-state index < -0.39 is 0 Å². The largest absolute Gasteiger partial charge is 0.512 e. The fourth-order valence-corrected chi connectivity index (χ4v) is 6.31. The maximum atomic E-state index is 4.57. The van der Waals surface area contributed by atoms with Crippen LogP contribution in [0.2, 0.25) is 0 Å². The molecule has 3 aromatic heterocycles. The minimum absolute atomic E-state index is 0. The molecule has 0 atom stereocenters. The predicted octanol–water partition coefficient (Wildman–Crippen LogP) is 8.08. The number of nitrogens with zero attached hydrogens (tertiary/aromatic N) is 11. The van der Waals surface area contributed by atoms with Crippen molar-refractivity contribution in [3.8, 4) is 0 Å². The molecule has 285 valence electrons. The zero-order valence-electron chi connectivity index (χ0n) is 32.3. The zero-order valence-corrected chi connectivity index (χ0v) is 34.7. The molecule has 3 aliphatic heterocycles. The summed E-state index contributed by atoms with van der Waals surface area (Å²) in [5, 5.41) is 3.15. The predicted molar refractivity (Wildman–Crippen MR) is 215 cm³/mol. The Morgan fingerprint density at radius 1 is 0.564 bits per heavy atom. The Morgan fingerprint density at radius 2 is 1.05 bits per heavy atom. The van der Waals surface area contributed by atoms with Crippen LogP contribution < -0.4 is 29.8 Å². The molecule has 55 heavy (non-hydrogen) atoms. The summed E-state index contributed by atoms with van der Waals surface area (Å²) in [5.41, 5.74) is 10.6. The van der Waals surface area contributed by atoms with Crippen LogP contribution >= 0.6 is 0 Å². The number of rotatable bonds is 3. The van der Waals surface area contributed by atoms with Crippen molar-refractivity contribution < 1.29 is 20.1 Å². The molecular formula is C42H42IrN12-6. The first-order valence-corrected chi connectivity index (χ1v) is 17.6. The summed E-state index contributed by atoms with van der Waals surface area (Å²) < 4.78 is 0. The summed E-state index contributed by atoms with van der Waals surface area (Å²) in [7, 11) is 4.01. The van der Waals surface area contributed by atoms with Crippen molar-refractivity contribution in [2.75, 3.05) is 43.9 Å². The van der Waals surface area contributed by atoms with Crippen molar-refractivity contribution in [3.05, 3.63) is 145 Å². The summed E-state index contributed by atoms with van der Waals surface area (Å²) in [6.07, 6.45) is 3.65. The molecule has 1 radical (unpaired) electrons. The monoisotopic (exact) mass is 907 g/mol. The molecule has 3 aromatic carbocycles. The molecule has 9 rings (SSSR count). The molecule has 0 saturated heterocycles. The minimum atomic E-state index is 0. The topological polar surface area (TPSA) is 106 Å². The van der Waals surface area contributed by atoms with E-state index in [0.717, 1.165) is 74.7 Å². The van der Waals surface area contributed by atoms with E-state index in [2.05, 4.69) is 102 Å². The summed E-state index contributed by atoms with van der Waals surface area (Å²) in [6, 6.07) is 27.9. The maximum absolute atomic E-state index is 4.57. The van der Waals surface area contributed by atoms with Gasteiger partial charge in [0.1, 0.15) is 34.9 Å². The van der Waals surface area contributed by atoms with Crippen molar-refractivity contribution in [2.45, 2.75) is 48.5 Å². The van der Waals surface area contributed by atoms with E-state index in [0.29, 0.717) is 0 Å². The Morgan fingerprint density at radius 3 is 1.64 bits per heavy atom. The fourth-order valence-electron chi connectivity index (χ4n) is 6.31. The molecule has 3 aliphatic rings. The van der Waals surface area contributed by atoms with E-state index >= 15 is 0 Å². The minimum Gasteiger partial charge on any atom is -0.512 e. The van der Waals surface area contributed by atoms with Gasteiger partial charge in [-0.2, -0.15) is 91.3 Å². The molecule has 0 unspecified atom stereocenters. The Bertz CT molecular complexity index is 2310. The number of nitrogens with one attached hydrogen (secondary N) is 1. The van der Waals surface area contributed by atoms with Gasteiger partial charge in [-0.15, -0.1) is 35.3 Å². The van der Waals surface area contributed by atoms with E-state index in [1.807, 2.05) is 119 Å². The summed E-state index contributed by atoms with van der Waals surface area (Å²) in [5.74, 6) is 5.03. The van der Waals surface area contributed by atoms with Crippen molar-refractivity contribution in [1.29, 1.82) is 0 Å². The molecule has 0 amide bonds. The Hall–Kier alpha value is -5.65. The first-order chi connectivity index (χ1) is 25.9. The molecule has 12 nitrogen and oxygen atoms in total. The van der Waals surface area contributed by atoms with Gasteiger partial charge in [0.2, 0.25) is 0 Å². The van der Waals surface area contributed by atoms with E-state index in [-0.39, 0.29) is 20.1 Å². The molecule has 0 aliphatic carbocycles. The van der Waals surface area contributed by atoms with Crippen LogP contribution in [-0.4, -0.2) is 44.0 Å². The third-order valence-electron chi connectivity index (χ3n) is 8.86. The molecular weight excluding hydrogens is 865 g/mol. The number of aryl methyl sites for hydroxylation is 7. The van der Waals surface area contributed by atoms with Crippen molar-refractivity contribution >= 4 is 51.6 Å². The maximum Gasteiger partial charge on any atom is 0.128 e. The number of aromatic nitrogens is 6. The standard InChI is InChI=1S/C15H16N4.C14H14N4.C13H12N4.Ir/c1-10-6-5-7-13(8-10)19-9-18(4)14-11(2)16-12(3)17-15(14)19;1-10-5-4-6-12(7-10)18-9-17(3)13-8-15-11(2)16-14(13)18;1-9-4-3-5-11(6-9)17-8-15-12-7-14-10(2)16-13(12)17;/h5-6,8-9H,1-4H3;4-5,7-9H,1-3H3;3-4,6-8,15H,1-2H3;/q3*-2;. The van der Waals surface area contributed by atoms with Crippen LogP contribution in [0.25, 0.3) is 0 Å². The van der Waals surface area contributed by atoms with Crippen LogP contribution in [0.15, 0.2) is 67.0 Å². The van der Waals surface area contributed by atoms with Crippen LogP contribution in [0.5, 0.6) is 0 Å². The van der Waals surface area contributed by atoms with Gasteiger partial charge >= 0.3 is 0 Å². The van der Waals surface area contributed by atoms with Gasteiger partial charge in [-0.1, -0.05) is 20.8 Å². The molecule has 0 bridgehead atoms. The van der Waals surface area contributed by atoms with Gasteiger partial charge in [0, 0.05) is 20.1 Å². The number of fused-ring (bicyclic) bond motifs is 3. The number of hydrogen-bond acceptors (Lipinski definition) is 12. The van der Waals surface area contributed by atoms with Gasteiger partial charge < -0.3 is 29.8 Å². The Balaban J connectivity index is 0.000000139. The third-order valence-corrected chi connectivity index (χ3v) is 8.86. The van der Waals surface area contributed by atoms with E-state index in [1.165, 1.54) is 16.7 Å². The van der Waals surface area contributed by atoms with Crippen LogP contribution in [0.4, 0.5) is 51.6 Å². The van der Waals surface area contributed by atoms with E-state index in [1.54, 1.807) is 6.20 Å². The van der Waals surface area contributed by atoms with Crippen LogP contribution in [0.3, 0.4) is 0 Å². The van der Waals surface area contributed by atoms with Gasteiger partial charge in [-0.25, -0.2) is 29.9 Å². The molecule has 1 N–H and O–H groups in total. The first kappa shape index (κ1) is 39.1. The quantitative estimate of drug-likeness (QED) is 0.174. The molecule has 6 heterocycles. The average Bonchev–Trinajstić information content (AvgIpc) is 3.81. The van der Waals surface area contributed by atoms with Crippen LogP contribution in [0.1, 0.15) is 39.9 Å². The van der Waals surface area contributed by atoms with Gasteiger partial charge in [0.25, 0.3) is 0 Å². The smallest absolute Gasteiger partial charge is 0.128 e. The van der Waals surface area contributed by atoms with Gasteiger partial charge in [-0.05, 0) is 41.8 Å². The van der Waals surface area contributed by atoms with Gasteiger partial charge in [-0.3, -0.25) is 0 Å². The first-order valence-electron chi connectivity index (χ1n) is 17.6. The van der Waals surface area contributed by atoms with Gasteiger partial charge in [0.05, 0.1) is 35.1 Å². The second-order valence-electron chi connectivity index (χ2n) is 13.4. The fraction of sp³-hybridized carbons (Fsp3) is 0.214. The number of hydrogen-bond donors (Lipinski definition) is 1. The SMILES string of the molecule is Cc1cc[c-]c(N2[CH-]N(C)c3c(C)nc(C)nc32)c1.Cc1cc[c-]c(N2[CH-]N(C)c3cnc(C)nc32)c1.Cc1cc[c-]c(N2[CH-]Nc3cnc(C)nc32)c1.[Ir]. The molecule has 0 spiro atoms. The van der Waals surface area contributed by atoms with Crippen molar-refractivity contribution in [2.24, 2.45) is 0 Å². The second kappa shape index (κ2) is 16.4. The number of anilines is 9. The summed E-state index contributed by atoms with van der Waals surface area (Å²) in [4.78, 5) is 36.5. The van der Waals surface area contributed by atoms with Crippen molar-refractivity contribution in [1.82, 2.24) is 29.9 Å². The normalized spacial score (nSPS) is 13.5. The molecule has 13 heteroatoms. The van der Waals surface area contributed by atoms with E-state index in [4.69, 9.17) is 0 Å². The average molecular weight is 907 g/mol. The molecule has 0 fully saturated rings. The van der Waals surface area contributed by atoms with Crippen molar-refractivity contribution in [3.63, 3.8) is 0 Å². The summed E-state index contributed by atoms with van der Waals surface area (Å²) >= 11 is 0. The zero-order chi connectivity index (χ0) is 38.1. The Kier molecular flexibility index (Phi) is 11.6. The second-order valence-corrected chi connectivity index (χ2v) is 13.4. The number of benzene rings is 3.